The normalized spacial score (nSPS) is 9.94. The van der Waals surface area contributed by atoms with Gasteiger partial charge in [-0.1, -0.05) is 33.6 Å². The third-order valence-electron chi connectivity index (χ3n) is 1.83. The Labute approximate surface area is 108 Å². The van der Waals surface area contributed by atoms with Gasteiger partial charge in [-0.2, -0.15) is 0 Å². The van der Waals surface area contributed by atoms with Crippen molar-refractivity contribution < 1.29 is 14.3 Å². The molecule has 0 aromatic heterocycles. The third kappa shape index (κ3) is 4.02. The van der Waals surface area contributed by atoms with Crippen LogP contribution in [0.2, 0.25) is 5.02 Å². The lowest BCUT2D eigenvalue weighted by molar-refractivity contribution is -0.145. The zero-order valence-corrected chi connectivity index (χ0v) is 11.2. The van der Waals surface area contributed by atoms with Crippen LogP contribution >= 0.6 is 27.5 Å². The molecular formula is C11H12BrClO3. The number of carbonyl (C=O) groups is 1. The molecule has 1 aromatic rings. The summed E-state index contributed by atoms with van der Waals surface area (Å²) in [5, 5.41) is 1.29. The van der Waals surface area contributed by atoms with Crippen LogP contribution in [0.5, 0.6) is 5.75 Å². The highest BCUT2D eigenvalue weighted by Crippen LogP contribution is 2.24. The maximum atomic E-state index is 11.0. The molecule has 0 spiro atoms. The molecular weight excluding hydrogens is 295 g/mol. The van der Waals surface area contributed by atoms with Crippen LogP contribution in [0.1, 0.15) is 12.5 Å². The molecule has 5 heteroatoms. The van der Waals surface area contributed by atoms with Gasteiger partial charge >= 0.3 is 5.97 Å². The molecule has 0 bridgehead atoms. The van der Waals surface area contributed by atoms with Crippen molar-refractivity contribution in [2.45, 2.75) is 12.3 Å². The number of carbonyl (C=O) groups excluding carboxylic acids is 1. The second kappa shape index (κ2) is 6.76. The summed E-state index contributed by atoms with van der Waals surface area (Å²) in [6.07, 6.45) is 0. The van der Waals surface area contributed by atoms with Crippen LogP contribution in [0.3, 0.4) is 0 Å². The van der Waals surface area contributed by atoms with Crippen LogP contribution in [0.4, 0.5) is 0 Å². The molecule has 0 heterocycles. The summed E-state index contributed by atoms with van der Waals surface area (Å²) in [5.74, 6) is 0.172. The van der Waals surface area contributed by atoms with Crippen molar-refractivity contribution in [1.29, 1.82) is 0 Å². The van der Waals surface area contributed by atoms with Crippen LogP contribution in [0.15, 0.2) is 18.2 Å². The van der Waals surface area contributed by atoms with Crippen LogP contribution in [0.25, 0.3) is 0 Å². The van der Waals surface area contributed by atoms with Crippen LogP contribution in [-0.4, -0.2) is 19.2 Å². The topological polar surface area (TPSA) is 35.5 Å². The summed E-state index contributed by atoms with van der Waals surface area (Å²) < 4.78 is 9.96. The summed E-state index contributed by atoms with van der Waals surface area (Å²) >= 11 is 9.30. The van der Waals surface area contributed by atoms with Gasteiger partial charge in [0.1, 0.15) is 5.75 Å². The molecule has 0 unspecified atom stereocenters. The summed E-state index contributed by atoms with van der Waals surface area (Å²) in [6, 6.07) is 5.29. The number of hydrogen-bond donors (Lipinski definition) is 0. The molecule has 0 aliphatic heterocycles. The fraction of sp³-hybridized carbons (Fsp3) is 0.364. The molecule has 0 atom stereocenters. The SMILES string of the molecule is CCOC(=O)COc1ccc(CBr)c(Cl)c1. The predicted octanol–water partition coefficient (Wildman–Crippen LogP) is 3.18. The van der Waals surface area contributed by atoms with Gasteiger partial charge in [-0.3, -0.25) is 0 Å². The molecule has 1 rings (SSSR count). The fourth-order valence-electron chi connectivity index (χ4n) is 1.07. The number of rotatable bonds is 5. The molecule has 0 aliphatic carbocycles. The lowest BCUT2D eigenvalue weighted by atomic mass is 10.2. The highest BCUT2D eigenvalue weighted by molar-refractivity contribution is 9.08. The van der Waals surface area contributed by atoms with E-state index in [2.05, 4.69) is 15.9 Å². The molecule has 0 fully saturated rings. The minimum absolute atomic E-state index is 0.0994. The number of benzene rings is 1. The van der Waals surface area contributed by atoms with Gasteiger partial charge in [0.15, 0.2) is 6.61 Å². The molecule has 0 saturated carbocycles. The van der Waals surface area contributed by atoms with E-state index in [1.165, 1.54) is 0 Å². The van der Waals surface area contributed by atoms with Gasteiger partial charge in [0.05, 0.1) is 6.61 Å². The van der Waals surface area contributed by atoms with Gasteiger partial charge in [-0.25, -0.2) is 4.79 Å². The van der Waals surface area contributed by atoms with Crippen molar-refractivity contribution >= 4 is 33.5 Å². The average molecular weight is 308 g/mol. The second-order valence-electron chi connectivity index (χ2n) is 2.98. The van der Waals surface area contributed by atoms with Crippen molar-refractivity contribution in [3.8, 4) is 5.75 Å². The van der Waals surface area contributed by atoms with E-state index < -0.39 is 0 Å². The first kappa shape index (κ1) is 13.3. The van der Waals surface area contributed by atoms with E-state index in [-0.39, 0.29) is 12.6 Å². The summed E-state index contributed by atoms with van der Waals surface area (Å²) in [5.41, 5.74) is 0.977. The Bertz CT molecular complexity index is 368. The quantitative estimate of drug-likeness (QED) is 0.619. The fourth-order valence-corrected chi connectivity index (χ4v) is 1.96. The molecule has 0 aliphatic rings. The number of esters is 1. The van der Waals surface area contributed by atoms with Gasteiger partial charge in [-0.15, -0.1) is 0 Å². The van der Waals surface area contributed by atoms with Crippen molar-refractivity contribution in [1.82, 2.24) is 0 Å². The Hall–Kier alpha value is -0.740. The minimum atomic E-state index is -0.386. The molecule has 0 N–H and O–H groups in total. The first-order valence-electron chi connectivity index (χ1n) is 4.80. The molecule has 1 aromatic carbocycles. The lowest BCUT2D eigenvalue weighted by Gasteiger charge is -2.07. The van der Waals surface area contributed by atoms with E-state index >= 15 is 0 Å². The van der Waals surface area contributed by atoms with Crippen molar-refractivity contribution in [2.75, 3.05) is 13.2 Å². The summed E-state index contributed by atoms with van der Waals surface area (Å²) in [4.78, 5) is 11.0. The number of alkyl halides is 1. The van der Waals surface area contributed by atoms with Crippen LogP contribution in [-0.2, 0) is 14.9 Å². The Kier molecular flexibility index (Phi) is 5.63. The largest absolute Gasteiger partial charge is 0.482 e. The van der Waals surface area contributed by atoms with Crippen molar-refractivity contribution in [3.05, 3.63) is 28.8 Å². The highest BCUT2D eigenvalue weighted by atomic mass is 79.9. The lowest BCUT2D eigenvalue weighted by Crippen LogP contribution is -2.14. The molecule has 88 valence electrons. The number of halogens is 2. The van der Waals surface area contributed by atoms with E-state index in [1.54, 1.807) is 19.1 Å². The summed E-state index contributed by atoms with van der Waals surface area (Å²) in [6.45, 7) is 2.00. The van der Waals surface area contributed by atoms with Gasteiger partial charge in [-0.05, 0) is 24.6 Å². The Morgan fingerprint density at radius 3 is 2.81 bits per heavy atom. The van der Waals surface area contributed by atoms with Crippen molar-refractivity contribution in [2.24, 2.45) is 0 Å². The molecule has 16 heavy (non-hydrogen) atoms. The monoisotopic (exact) mass is 306 g/mol. The highest BCUT2D eigenvalue weighted by Gasteiger charge is 2.05. The van der Waals surface area contributed by atoms with Crippen molar-refractivity contribution in [3.63, 3.8) is 0 Å². The molecule has 3 nitrogen and oxygen atoms in total. The third-order valence-corrected chi connectivity index (χ3v) is 2.79. The second-order valence-corrected chi connectivity index (χ2v) is 3.95. The Balaban J connectivity index is 2.55. The Morgan fingerprint density at radius 2 is 2.25 bits per heavy atom. The van der Waals surface area contributed by atoms with Gasteiger partial charge in [0, 0.05) is 10.4 Å². The Morgan fingerprint density at radius 1 is 1.50 bits per heavy atom. The summed E-state index contributed by atoms with van der Waals surface area (Å²) in [7, 11) is 0. The van der Waals surface area contributed by atoms with Crippen LogP contribution in [0, 0.1) is 0 Å². The maximum absolute atomic E-state index is 11.0. The minimum Gasteiger partial charge on any atom is -0.482 e. The predicted molar refractivity (Wildman–Crippen MR) is 66.2 cm³/mol. The van der Waals surface area contributed by atoms with Gasteiger partial charge in [0.25, 0.3) is 0 Å². The zero-order valence-electron chi connectivity index (χ0n) is 8.83. The van der Waals surface area contributed by atoms with Gasteiger partial charge in [0.2, 0.25) is 0 Å². The molecule has 0 saturated heterocycles. The van der Waals surface area contributed by atoms with Crippen LogP contribution < -0.4 is 4.74 Å². The molecule has 0 amide bonds. The molecule has 0 radical (unpaired) electrons. The first-order valence-corrected chi connectivity index (χ1v) is 6.30. The maximum Gasteiger partial charge on any atom is 0.344 e. The van der Waals surface area contributed by atoms with Gasteiger partial charge < -0.3 is 9.47 Å². The zero-order chi connectivity index (χ0) is 12.0. The first-order chi connectivity index (χ1) is 7.67. The standard InChI is InChI=1S/C11H12BrClO3/c1-2-15-11(14)7-16-9-4-3-8(6-12)10(13)5-9/h3-5H,2,6-7H2,1H3. The number of ether oxygens (including phenoxy) is 2. The van der Waals surface area contributed by atoms with E-state index in [9.17, 15) is 4.79 Å². The average Bonchev–Trinajstić information content (AvgIpc) is 2.27. The van der Waals surface area contributed by atoms with E-state index in [0.717, 1.165) is 5.56 Å². The van der Waals surface area contributed by atoms with E-state index in [0.29, 0.717) is 22.7 Å². The van der Waals surface area contributed by atoms with E-state index in [4.69, 9.17) is 21.1 Å². The van der Waals surface area contributed by atoms with E-state index in [1.807, 2.05) is 6.07 Å². The number of hydrogen-bond acceptors (Lipinski definition) is 3. The smallest absolute Gasteiger partial charge is 0.344 e.